The summed E-state index contributed by atoms with van der Waals surface area (Å²) in [7, 11) is 0. The van der Waals surface area contributed by atoms with E-state index in [0.29, 0.717) is 0 Å². The normalized spacial score (nSPS) is 10.0. The van der Waals surface area contributed by atoms with Crippen molar-refractivity contribution in [3.63, 3.8) is 0 Å². The molecule has 1 N–H and O–H groups in total. The third-order valence-electron chi connectivity index (χ3n) is 1.98. The summed E-state index contributed by atoms with van der Waals surface area (Å²) in [4.78, 5) is 4.12. The van der Waals surface area contributed by atoms with Crippen molar-refractivity contribution in [2.24, 2.45) is 0 Å². The predicted molar refractivity (Wildman–Crippen MR) is 57.0 cm³/mol. The van der Waals surface area contributed by atoms with Gasteiger partial charge in [-0.1, -0.05) is 19.8 Å². The van der Waals surface area contributed by atoms with Crippen LogP contribution in [-0.2, 0) is 0 Å². The molecule has 1 rings (SSSR count). The maximum atomic E-state index is 4.12. The van der Waals surface area contributed by atoms with Crippen LogP contribution in [0.5, 0.6) is 0 Å². The van der Waals surface area contributed by atoms with Gasteiger partial charge in [-0.15, -0.1) is 0 Å². The number of aromatic nitrogens is 1. The Hall–Kier alpha value is -1.05. The SMILES string of the molecule is CCCCCNc1cncc(C)c1. The van der Waals surface area contributed by atoms with E-state index in [9.17, 15) is 0 Å². The highest BCUT2D eigenvalue weighted by Crippen LogP contribution is 2.07. The van der Waals surface area contributed by atoms with Crippen LogP contribution in [0.4, 0.5) is 5.69 Å². The lowest BCUT2D eigenvalue weighted by Crippen LogP contribution is -2.01. The van der Waals surface area contributed by atoms with Crippen molar-refractivity contribution < 1.29 is 0 Å². The maximum absolute atomic E-state index is 4.12. The fourth-order valence-electron chi connectivity index (χ4n) is 1.26. The van der Waals surface area contributed by atoms with E-state index in [0.717, 1.165) is 12.2 Å². The van der Waals surface area contributed by atoms with Crippen molar-refractivity contribution >= 4 is 5.69 Å². The molecule has 0 unspecified atom stereocenters. The van der Waals surface area contributed by atoms with Gasteiger partial charge in [-0.3, -0.25) is 4.98 Å². The zero-order valence-electron chi connectivity index (χ0n) is 8.51. The summed E-state index contributed by atoms with van der Waals surface area (Å²) in [5, 5.41) is 3.36. The molecule has 0 aliphatic carbocycles. The molecule has 13 heavy (non-hydrogen) atoms. The van der Waals surface area contributed by atoms with E-state index in [2.05, 4.69) is 30.2 Å². The molecule has 2 nitrogen and oxygen atoms in total. The van der Waals surface area contributed by atoms with Gasteiger partial charge >= 0.3 is 0 Å². The quantitative estimate of drug-likeness (QED) is 0.701. The summed E-state index contributed by atoms with van der Waals surface area (Å²) in [6.45, 7) is 5.33. The monoisotopic (exact) mass is 178 g/mol. The van der Waals surface area contributed by atoms with Crippen molar-refractivity contribution in [2.45, 2.75) is 33.1 Å². The molecular weight excluding hydrogens is 160 g/mol. The predicted octanol–water partition coefficient (Wildman–Crippen LogP) is 2.99. The van der Waals surface area contributed by atoms with E-state index < -0.39 is 0 Å². The Kier molecular flexibility index (Phi) is 4.30. The van der Waals surface area contributed by atoms with Gasteiger partial charge in [0.25, 0.3) is 0 Å². The first-order valence-corrected chi connectivity index (χ1v) is 4.98. The molecule has 0 spiro atoms. The van der Waals surface area contributed by atoms with E-state index in [-0.39, 0.29) is 0 Å². The number of nitrogens with zero attached hydrogens (tertiary/aromatic N) is 1. The van der Waals surface area contributed by atoms with Crippen LogP contribution >= 0.6 is 0 Å². The first kappa shape index (κ1) is 10.0. The summed E-state index contributed by atoms with van der Waals surface area (Å²) in [5.41, 5.74) is 2.34. The number of anilines is 1. The molecule has 72 valence electrons. The van der Waals surface area contributed by atoms with Gasteiger partial charge in [-0.05, 0) is 25.0 Å². The van der Waals surface area contributed by atoms with Crippen molar-refractivity contribution in [1.82, 2.24) is 4.98 Å². The molecule has 0 saturated carbocycles. The highest BCUT2D eigenvalue weighted by molar-refractivity contribution is 5.42. The molecular formula is C11H18N2. The maximum Gasteiger partial charge on any atom is 0.0529 e. The van der Waals surface area contributed by atoms with Gasteiger partial charge in [0, 0.05) is 18.9 Å². The van der Waals surface area contributed by atoms with E-state index in [1.165, 1.54) is 24.8 Å². The van der Waals surface area contributed by atoms with Gasteiger partial charge in [-0.25, -0.2) is 0 Å². The molecule has 0 amide bonds. The molecule has 0 fully saturated rings. The lowest BCUT2D eigenvalue weighted by Gasteiger charge is -2.05. The van der Waals surface area contributed by atoms with Gasteiger partial charge < -0.3 is 5.32 Å². The molecule has 1 aromatic rings. The average Bonchev–Trinajstić information content (AvgIpc) is 2.13. The fourth-order valence-corrected chi connectivity index (χ4v) is 1.26. The van der Waals surface area contributed by atoms with Crippen molar-refractivity contribution in [3.05, 3.63) is 24.0 Å². The van der Waals surface area contributed by atoms with Gasteiger partial charge in [0.05, 0.1) is 5.69 Å². The smallest absolute Gasteiger partial charge is 0.0529 e. The second-order valence-corrected chi connectivity index (χ2v) is 3.38. The van der Waals surface area contributed by atoms with Crippen molar-refractivity contribution in [2.75, 3.05) is 11.9 Å². The zero-order valence-corrected chi connectivity index (χ0v) is 8.51. The van der Waals surface area contributed by atoms with Crippen LogP contribution in [0.3, 0.4) is 0 Å². The molecule has 0 aromatic carbocycles. The molecule has 0 aliphatic heterocycles. The molecule has 2 heteroatoms. The van der Waals surface area contributed by atoms with Crippen LogP contribution < -0.4 is 5.32 Å². The third kappa shape index (κ3) is 3.92. The summed E-state index contributed by atoms with van der Waals surface area (Å²) >= 11 is 0. The molecule has 0 bridgehead atoms. The molecule has 0 radical (unpaired) electrons. The molecule has 0 aliphatic rings. The van der Waals surface area contributed by atoms with Crippen LogP contribution in [0.15, 0.2) is 18.5 Å². The number of aryl methyl sites for hydroxylation is 1. The van der Waals surface area contributed by atoms with Gasteiger partial charge in [-0.2, -0.15) is 0 Å². The highest BCUT2D eigenvalue weighted by Gasteiger charge is 1.91. The Morgan fingerprint density at radius 1 is 1.31 bits per heavy atom. The largest absolute Gasteiger partial charge is 0.384 e. The number of nitrogens with one attached hydrogen (secondary N) is 1. The van der Waals surface area contributed by atoms with E-state index in [4.69, 9.17) is 0 Å². The lowest BCUT2D eigenvalue weighted by atomic mass is 10.2. The topological polar surface area (TPSA) is 24.9 Å². The Bertz CT molecular complexity index is 246. The Morgan fingerprint density at radius 3 is 2.85 bits per heavy atom. The molecule has 1 aromatic heterocycles. The van der Waals surface area contributed by atoms with Crippen molar-refractivity contribution in [1.29, 1.82) is 0 Å². The van der Waals surface area contributed by atoms with E-state index >= 15 is 0 Å². The van der Waals surface area contributed by atoms with Crippen LogP contribution in [0.1, 0.15) is 31.7 Å². The molecule has 1 heterocycles. The number of pyridine rings is 1. The van der Waals surface area contributed by atoms with Crippen LogP contribution in [-0.4, -0.2) is 11.5 Å². The Balaban J connectivity index is 2.28. The first-order valence-electron chi connectivity index (χ1n) is 4.98. The zero-order chi connectivity index (χ0) is 9.52. The van der Waals surface area contributed by atoms with Crippen LogP contribution in [0.25, 0.3) is 0 Å². The Morgan fingerprint density at radius 2 is 2.15 bits per heavy atom. The lowest BCUT2D eigenvalue weighted by molar-refractivity contribution is 0.743. The third-order valence-corrected chi connectivity index (χ3v) is 1.98. The standard InChI is InChI=1S/C11H18N2/c1-3-4-5-6-13-11-7-10(2)8-12-9-11/h7-9,13H,3-6H2,1-2H3. The number of unbranched alkanes of at least 4 members (excludes halogenated alkanes) is 2. The summed E-state index contributed by atoms with van der Waals surface area (Å²) in [6, 6.07) is 2.12. The number of hydrogen-bond donors (Lipinski definition) is 1. The van der Waals surface area contributed by atoms with Gasteiger partial charge in [0.2, 0.25) is 0 Å². The fraction of sp³-hybridized carbons (Fsp3) is 0.545. The van der Waals surface area contributed by atoms with Crippen molar-refractivity contribution in [3.8, 4) is 0 Å². The van der Waals surface area contributed by atoms with E-state index in [1.54, 1.807) is 0 Å². The van der Waals surface area contributed by atoms with Crippen LogP contribution in [0.2, 0.25) is 0 Å². The minimum Gasteiger partial charge on any atom is -0.384 e. The summed E-state index contributed by atoms with van der Waals surface area (Å²) < 4.78 is 0. The average molecular weight is 178 g/mol. The van der Waals surface area contributed by atoms with Gasteiger partial charge in [0.15, 0.2) is 0 Å². The summed E-state index contributed by atoms with van der Waals surface area (Å²) in [6.07, 6.45) is 7.56. The Labute approximate surface area is 80.4 Å². The van der Waals surface area contributed by atoms with E-state index in [1.807, 2.05) is 12.4 Å². The van der Waals surface area contributed by atoms with Gasteiger partial charge in [0.1, 0.15) is 0 Å². The van der Waals surface area contributed by atoms with Crippen LogP contribution in [0, 0.1) is 6.92 Å². The minimum absolute atomic E-state index is 1.05. The first-order chi connectivity index (χ1) is 6.33. The second kappa shape index (κ2) is 5.57. The number of hydrogen-bond acceptors (Lipinski definition) is 2. The molecule has 0 atom stereocenters. The number of rotatable bonds is 5. The summed E-state index contributed by atoms with van der Waals surface area (Å²) in [5.74, 6) is 0. The molecule has 0 saturated heterocycles. The highest BCUT2D eigenvalue weighted by atomic mass is 14.9. The second-order valence-electron chi connectivity index (χ2n) is 3.38. The minimum atomic E-state index is 1.05.